The zero-order valence-corrected chi connectivity index (χ0v) is 19.3. The first-order valence-electron chi connectivity index (χ1n) is 10.9. The first kappa shape index (κ1) is 23.2. The number of ether oxygens (including phenoxy) is 2. The number of carbonyl (C=O) groups excluding carboxylic acids is 1. The van der Waals surface area contributed by atoms with Crippen molar-refractivity contribution in [2.24, 2.45) is 4.99 Å². The van der Waals surface area contributed by atoms with Crippen LogP contribution in [0.4, 0.5) is 0 Å². The molecule has 0 atom stereocenters. The SMILES string of the molecule is CCN1C(=O)COC1=NCCCOc1ccc(C(C)(C)CC)cc1C(C)(C)CC. The second-order valence-electron chi connectivity index (χ2n) is 8.98. The van der Waals surface area contributed by atoms with Gasteiger partial charge >= 0.3 is 0 Å². The van der Waals surface area contributed by atoms with Crippen LogP contribution in [0.15, 0.2) is 23.2 Å². The molecule has 1 aliphatic heterocycles. The molecule has 0 N–H and O–H groups in total. The summed E-state index contributed by atoms with van der Waals surface area (Å²) in [4.78, 5) is 17.7. The lowest BCUT2D eigenvalue weighted by Crippen LogP contribution is -2.29. The number of aliphatic imine (C=N–C) groups is 1. The fraction of sp³-hybridized carbons (Fsp3) is 0.667. The summed E-state index contributed by atoms with van der Waals surface area (Å²) in [5, 5.41) is 0. The van der Waals surface area contributed by atoms with Gasteiger partial charge in [-0.2, -0.15) is 0 Å². The quantitative estimate of drug-likeness (QED) is 0.514. The molecule has 5 heteroatoms. The molecule has 0 radical (unpaired) electrons. The van der Waals surface area contributed by atoms with Crippen LogP contribution < -0.4 is 4.74 Å². The highest BCUT2D eigenvalue weighted by Crippen LogP contribution is 2.38. The monoisotopic (exact) mass is 402 g/mol. The van der Waals surface area contributed by atoms with Crippen LogP contribution in [-0.4, -0.2) is 43.1 Å². The van der Waals surface area contributed by atoms with Gasteiger partial charge in [-0.3, -0.25) is 9.69 Å². The number of carbonyl (C=O) groups is 1. The molecule has 0 spiro atoms. The second kappa shape index (κ2) is 9.64. The largest absolute Gasteiger partial charge is 0.493 e. The Balaban J connectivity index is 2.05. The number of benzene rings is 1. The average Bonchev–Trinajstić information content (AvgIpc) is 3.07. The molecular formula is C24H38N2O3. The molecule has 1 saturated heterocycles. The van der Waals surface area contributed by atoms with Gasteiger partial charge in [-0.25, -0.2) is 4.99 Å². The molecule has 1 fully saturated rings. The Hall–Kier alpha value is -2.04. The van der Waals surface area contributed by atoms with Crippen molar-refractivity contribution in [2.45, 2.75) is 78.6 Å². The van der Waals surface area contributed by atoms with E-state index < -0.39 is 0 Å². The fourth-order valence-electron chi connectivity index (χ4n) is 3.25. The van der Waals surface area contributed by atoms with Crippen LogP contribution in [-0.2, 0) is 20.4 Å². The van der Waals surface area contributed by atoms with Gasteiger partial charge in [0, 0.05) is 25.1 Å². The van der Waals surface area contributed by atoms with Gasteiger partial charge in [-0.1, -0.05) is 53.7 Å². The third kappa shape index (κ3) is 5.52. The van der Waals surface area contributed by atoms with Crippen molar-refractivity contribution in [3.05, 3.63) is 29.3 Å². The van der Waals surface area contributed by atoms with Crippen LogP contribution in [0.1, 0.15) is 78.9 Å². The second-order valence-corrected chi connectivity index (χ2v) is 8.98. The topological polar surface area (TPSA) is 51.1 Å². The van der Waals surface area contributed by atoms with E-state index in [1.54, 1.807) is 4.90 Å². The molecule has 162 valence electrons. The summed E-state index contributed by atoms with van der Waals surface area (Å²) in [6.07, 6.45) is 2.91. The Bertz CT molecular complexity index is 738. The summed E-state index contributed by atoms with van der Waals surface area (Å²) in [5.74, 6) is 0.937. The van der Waals surface area contributed by atoms with Gasteiger partial charge in [-0.05, 0) is 42.2 Å². The lowest BCUT2D eigenvalue weighted by Gasteiger charge is -2.30. The van der Waals surface area contributed by atoms with Crippen LogP contribution in [0.2, 0.25) is 0 Å². The van der Waals surface area contributed by atoms with Gasteiger partial charge in [0.25, 0.3) is 11.9 Å². The molecule has 0 unspecified atom stereocenters. The van der Waals surface area contributed by atoms with Crippen LogP contribution in [0.3, 0.4) is 0 Å². The Morgan fingerprint density at radius 2 is 1.79 bits per heavy atom. The number of hydrogen-bond donors (Lipinski definition) is 0. The maximum Gasteiger partial charge on any atom is 0.294 e. The van der Waals surface area contributed by atoms with Crippen molar-refractivity contribution in [2.75, 3.05) is 26.3 Å². The highest BCUT2D eigenvalue weighted by Gasteiger charge is 2.28. The molecule has 1 amide bonds. The standard InChI is InChI=1S/C24H38N2O3/c1-8-23(4,5)18-12-13-20(19(16-18)24(6,7)9-2)28-15-11-14-25-22-26(10-3)21(27)17-29-22/h12-13,16H,8-11,14-15,17H2,1-7H3. The van der Waals surface area contributed by atoms with Gasteiger partial charge in [0.1, 0.15) is 5.75 Å². The molecule has 1 heterocycles. The van der Waals surface area contributed by atoms with Gasteiger partial charge in [0.05, 0.1) is 6.61 Å². The third-order valence-corrected chi connectivity index (χ3v) is 6.24. The summed E-state index contributed by atoms with van der Waals surface area (Å²) in [5.41, 5.74) is 2.83. The molecule has 0 aromatic heterocycles. The summed E-state index contributed by atoms with van der Waals surface area (Å²) >= 11 is 0. The number of amides is 1. The van der Waals surface area contributed by atoms with Crippen molar-refractivity contribution in [1.82, 2.24) is 4.90 Å². The summed E-state index contributed by atoms with van der Waals surface area (Å²) in [6, 6.07) is 7.10. The number of nitrogens with zero attached hydrogens (tertiary/aromatic N) is 2. The van der Waals surface area contributed by atoms with Gasteiger partial charge in [0.2, 0.25) is 0 Å². The molecule has 0 aliphatic carbocycles. The molecule has 1 aromatic carbocycles. The Morgan fingerprint density at radius 1 is 1.10 bits per heavy atom. The van der Waals surface area contributed by atoms with Gasteiger partial charge in [0.15, 0.2) is 6.61 Å². The maximum absolute atomic E-state index is 11.7. The van der Waals surface area contributed by atoms with E-state index in [9.17, 15) is 4.79 Å². The van der Waals surface area contributed by atoms with Crippen LogP contribution in [0, 0.1) is 0 Å². The van der Waals surface area contributed by atoms with E-state index in [0.29, 0.717) is 25.7 Å². The molecule has 0 saturated carbocycles. The predicted molar refractivity (Wildman–Crippen MR) is 119 cm³/mol. The fourth-order valence-corrected chi connectivity index (χ4v) is 3.25. The predicted octanol–water partition coefficient (Wildman–Crippen LogP) is 5.07. The van der Waals surface area contributed by atoms with E-state index >= 15 is 0 Å². The molecule has 1 aliphatic rings. The van der Waals surface area contributed by atoms with Gasteiger partial charge in [-0.15, -0.1) is 0 Å². The highest BCUT2D eigenvalue weighted by molar-refractivity contribution is 6.00. The van der Waals surface area contributed by atoms with Crippen molar-refractivity contribution in [3.8, 4) is 5.75 Å². The van der Waals surface area contributed by atoms with E-state index in [4.69, 9.17) is 9.47 Å². The normalized spacial score (nSPS) is 16.4. The molecular weight excluding hydrogens is 364 g/mol. The molecule has 2 rings (SSSR count). The highest BCUT2D eigenvalue weighted by atomic mass is 16.5. The summed E-state index contributed by atoms with van der Waals surface area (Å²) in [6.45, 7) is 17.4. The van der Waals surface area contributed by atoms with Crippen molar-refractivity contribution in [1.29, 1.82) is 0 Å². The van der Waals surface area contributed by atoms with E-state index in [1.165, 1.54) is 11.1 Å². The molecule has 1 aromatic rings. The van der Waals surface area contributed by atoms with E-state index in [1.807, 2.05) is 6.92 Å². The first-order valence-corrected chi connectivity index (χ1v) is 10.9. The zero-order valence-electron chi connectivity index (χ0n) is 19.3. The maximum atomic E-state index is 11.7. The van der Waals surface area contributed by atoms with E-state index in [0.717, 1.165) is 25.0 Å². The summed E-state index contributed by atoms with van der Waals surface area (Å²) in [7, 11) is 0. The van der Waals surface area contributed by atoms with Crippen molar-refractivity contribution < 1.29 is 14.3 Å². The van der Waals surface area contributed by atoms with Gasteiger partial charge < -0.3 is 9.47 Å². The molecule has 0 bridgehead atoms. The summed E-state index contributed by atoms with van der Waals surface area (Å²) < 4.78 is 11.5. The average molecular weight is 403 g/mol. The molecule has 29 heavy (non-hydrogen) atoms. The minimum atomic E-state index is -0.0240. The van der Waals surface area contributed by atoms with E-state index in [2.05, 4.69) is 64.7 Å². The number of likely N-dealkylation sites (N-methyl/N-ethyl adjacent to an activating group) is 1. The lowest BCUT2D eigenvalue weighted by molar-refractivity contribution is -0.125. The minimum absolute atomic E-state index is 0.0240. The van der Waals surface area contributed by atoms with Crippen LogP contribution in [0.5, 0.6) is 5.75 Å². The smallest absolute Gasteiger partial charge is 0.294 e. The lowest BCUT2D eigenvalue weighted by atomic mass is 9.76. The number of rotatable bonds is 10. The Kier molecular flexibility index (Phi) is 7.73. The Morgan fingerprint density at radius 3 is 2.41 bits per heavy atom. The Labute approximate surface area is 176 Å². The van der Waals surface area contributed by atoms with Crippen LogP contribution in [0.25, 0.3) is 0 Å². The van der Waals surface area contributed by atoms with Crippen molar-refractivity contribution >= 4 is 11.9 Å². The van der Waals surface area contributed by atoms with Crippen molar-refractivity contribution in [3.63, 3.8) is 0 Å². The minimum Gasteiger partial charge on any atom is -0.493 e. The molecule has 5 nitrogen and oxygen atoms in total. The number of amidine groups is 1. The van der Waals surface area contributed by atoms with Crippen LogP contribution >= 0.6 is 0 Å². The van der Waals surface area contributed by atoms with E-state index in [-0.39, 0.29) is 23.3 Å². The zero-order chi connectivity index (χ0) is 21.7. The third-order valence-electron chi connectivity index (χ3n) is 6.24. The first-order chi connectivity index (χ1) is 13.7. The number of hydrogen-bond acceptors (Lipinski definition) is 4.